The largest absolute Gasteiger partial charge is 0.555 e. The van der Waals surface area contributed by atoms with Gasteiger partial charge in [0.25, 0.3) is 0 Å². The van der Waals surface area contributed by atoms with E-state index in [1.54, 1.807) is 4.85 Å². The Morgan fingerprint density at radius 3 is 2.09 bits per heavy atom. The molecule has 0 aliphatic carbocycles. The maximum atomic E-state index is 6.26. The molecule has 2 aromatic rings. The number of para-hydroxylation sites is 1. The predicted octanol–water partition coefficient (Wildman–Crippen LogP) is 2.82. The van der Waals surface area contributed by atoms with Crippen molar-refractivity contribution in [2.45, 2.75) is 38.5 Å². The third-order valence-corrected chi connectivity index (χ3v) is 4.74. The number of amides is 2. The normalized spacial score (nSPS) is 19.1. The highest BCUT2D eigenvalue weighted by molar-refractivity contribution is 5.76. The topological polar surface area (TPSA) is 48.5 Å². The molecule has 0 spiro atoms. The molecule has 2 aliphatic rings. The standard InChI is InChI=1S/C17H24N5O/c1-5-11-20(12-6-1)17(21-13-7-2-8-14-21)23-22-16-10-4-3-9-15(16)18-19-22/h3-4,9-10H,1-2,5-8,11-14H2/q+1. The first-order valence-electron chi connectivity index (χ1n) is 8.77. The van der Waals surface area contributed by atoms with E-state index in [2.05, 4.69) is 20.1 Å². The molecule has 6 heteroatoms. The number of piperidine rings is 2. The summed E-state index contributed by atoms with van der Waals surface area (Å²) in [6.07, 6.45) is 7.57. The summed E-state index contributed by atoms with van der Waals surface area (Å²) in [5.74, 6) is 0. The molecule has 0 bridgehead atoms. The van der Waals surface area contributed by atoms with E-state index in [1.165, 1.54) is 38.5 Å². The molecule has 2 fully saturated rings. The first-order valence-corrected chi connectivity index (χ1v) is 8.77. The van der Waals surface area contributed by atoms with E-state index in [0.717, 1.165) is 43.2 Å². The Kier molecular flexibility index (Phi) is 4.13. The van der Waals surface area contributed by atoms with Crippen LogP contribution in [0.15, 0.2) is 24.3 Å². The number of likely N-dealkylation sites (tertiary alicyclic amines) is 2. The third-order valence-electron chi connectivity index (χ3n) is 4.74. The first-order chi connectivity index (χ1) is 11.4. The fourth-order valence-corrected chi connectivity index (χ4v) is 3.48. The number of hydrogen-bond donors (Lipinski definition) is 0. The number of nitrogens with zero attached hydrogens (tertiary/aromatic N) is 5. The Balaban J connectivity index is 1.70. The van der Waals surface area contributed by atoms with Gasteiger partial charge in [-0.3, -0.25) is 9.80 Å². The average Bonchev–Trinajstić information content (AvgIpc) is 3.04. The zero-order valence-corrected chi connectivity index (χ0v) is 13.5. The van der Waals surface area contributed by atoms with Crippen LogP contribution in [0.1, 0.15) is 38.5 Å². The smallest absolute Gasteiger partial charge is 0.273 e. The zero-order chi connectivity index (χ0) is 15.5. The van der Waals surface area contributed by atoms with Crippen molar-refractivity contribution in [1.82, 2.24) is 25.0 Å². The van der Waals surface area contributed by atoms with Crippen molar-refractivity contribution in [2.75, 3.05) is 26.2 Å². The average molecular weight is 314 g/mol. The van der Waals surface area contributed by atoms with E-state index in [4.69, 9.17) is 4.53 Å². The van der Waals surface area contributed by atoms with E-state index >= 15 is 0 Å². The Labute approximate surface area is 136 Å². The highest BCUT2D eigenvalue weighted by Gasteiger charge is 2.34. The summed E-state index contributed by atoms with van der Waals surface area (Å²) in [6, 6.07) is 8.89. The number of rotatable bonds is 1. The van der Waals surface area contributed by atoms with Gasteiger partial charge in [0.2, 0.25) is 0 Å². The van der Waals surface area contributed by atoms with Gasteiger partial charge in [-0.1, -0.05) is 12.1 Å². The van der Waals surface area contributed by atoms with Crippen molar-refractivity contribution in [2.24, 2.45) is 0 Å². The fraction of sp³-hybridized carbons (Fsp3) is 0.588. The molecule has 3 heterocycles. The minimum atomic E-state index is 0.865. The van der Waals surface area contributed by atoms with Crippen molar-refractivity contribution in [3.05, 3.63) is 24.3 Å². The van der Waals surface area contributed by atoms with Crippen LogP contribution in [0.3, 0.4) is 0 Å². The summed E-state index contributed by atoms with van der Waals surface area (Å²) in [7, 11) is 0. The molecule has 122 valence electrons. The molecular formula is C17H24N5O+. The minimum Gasteiger partial charge on any atom is -0.273 e. The van der Waals surface area contributed by atoms with Gasteiger partial charge in [0.1, 0.15) is 10.4 Å². The molecule has 2 amide bonds. The van der Waals surface area contributed by atoms with E-state index in [9.17, 15) is 0 Å². The van der Waals surface area contributed by atoms with Crippen LogP contribution >= 0.6 is 0 Å². The van der Waals surface area contributed by atoms with Gasteiger partial charge < -0.3 is 0 Å². The van der Waals surface area contributed by atoms with Crippen molar-refractivity contribution in [1.29, 1.82) is 0 Å². The van der Waals surface area contributed by atoms with E-state index in [1.807, 2.05) is 24.3 Å². The van der Waals surface area contributed by atoms with Crippen molar-refractivity contribution in [3.63, 3.8) is 0 Å². The molecule has 2 aliphatic heterocycles. The highest BCUT2D eigenvalue weighted by Crippen LogP contribution is 2.19. The van der Waals surface area contributed by atoms with Crippen LogP contribution in [0.2, 0.25) is 0 Å². The fourth-order valence-electron chi connectivity index (χ4n) is 3.48. The molecule has 1 aromatic carbocycles. The van der Waals surface area contributed by atoms with E-state index in [0.29, 0.717) is 0 Å². The minimum absolute atomic E-state index is 0.865. The molecule has 23 heavy (non-hydrogen) atoms. The number of urea groups is 1. The van der Waals surface area contributed by atoms with Crippen molar-refractivity contribution in [3.8, 4) is 0 Å². The molecule has 0 saturated carbocycles. The van der Waals surface area contributed by atoms with Crippen LogP contribution in [-0.2, 0) is 0 Å². The van der Waals surface area contributed by atoms with Crippen LogP contribution in [0.4, 0.5) is 4.53 Å². The number of carbonyl (C=O) groups excluding carboxylic acids is 1. The molecule has 4 rings (SSSR count). The summed E-state index contributed by atoms with van der Waals surface area (Å²) < 4.78 is 6.26. The van der Waals surface area contributed by atoms with Gasteiger partial charge in [-0.15, -0.1) is 5.10 Å². The lowest BCUT2D eigenvalue weighted by atomic mass is 10.1. The number of benzene rings is 1. The second-order valence-corrected chi connectivity index (χ2v) is 6.42. The quantitative estimate of drug-likeness (QED) is 0.760. The molecule has 0 unspecified atom stereocenters. The van der Waals surface area contributed by atoms with Crippen LogP contribution in [0, 0.1) is 0 Å². The summed E-state index contributed by atoms with van der Waals surface area (Å²) >= 11 is 0. The van der Waals surface area contributed by atoms with Gasteiger partial charge in [-0.2, -0.15) is 0 Å². The van der Waals surface area contributed by atoms with E-state index in [-0.39, 0.29) is 0 Å². The van der Waals surface area contributed by atoms with Gasteiger partial charge in [0.15, 0.2) is 5.52 Å². The second-order valence-electron chi connectivity index (χ2n) is 6.42. The van der Waals surface area contributed by atoms with Crippen LogP contribution in [0.25, 0.3) is 11.0 Å². The molecule has 0 radical (unpaired) electrons. The maximum absolute atomic E-state index is 6.26. The lowest BCUT2D eigenvalue weighted by molar-refractivity contribution is -0.247. The molecule has 1 aromatic heterocycles. The maximum Gasteiger partial charge on any atom is 0.555 e. The third kappa shape index (κ3) is 3.02. The Morgan fingerprint density at radius 2 is 1.43 bits per heavy atom. The van der Waals surface area contributed by atoms with Crippen LogP contribution < -0.4 is 0 Å². The van der Waals surface area contributed by atoms with Gasteiger partial charge in [-0.05, 0) is 55.2 Å². The van der Waals surface area contributed by atoms with Crippen molar-refractivity contribution < 1.29 is 4.53 Å². The first kappa shape index (κ1) is 14.5. The molecule has 0 N–H and O–H groups in total. The Morgan fingerprint density at radius 1 is 0.826 bits per heavy atom. The summed E-state index contributed by atoms with van der Waals surface area (Å²) in [4.78, 5) is 6.34. The van der Waals surface area contributed by atoms with Gasteiger partial charge >= 0.3 is 6.03 Å². The van der Waals surface area contributed by atoms with Crippen molar-refractivity contribution >= 4 is 17.1 Å². The molecule has 2 saturated heterocycles. The van der Waals surface area contributed by atoms with E-state index < -0.39 is 0 Å². The predicted molar refractivity (Wildman–Crippen MR) is 89.2 cm³/mol. The Bertz CT molecular complexity index is 663. The SMILES string of the molecule is c1ccc2c(c1)nnn2[O+]=C(N1CCCCC1)N1CCCCC1. The number of aromatic nitrogens is 3. The summed E-state index contributed by atoms with van der Waals surface area (Å²) in [5, 5.41) is 8.39. The highest BCUT2D eigenvalue weighted by atomic mass is 16.6. The number of fused-ring (bicyclic) bond motifs is 1. The molecule has 0 atom stereocenters. The number of hydrogen-bond acceptors (Lipinski definition) is 2. The molecule has 6 nitrogen and oxygen atoms in total. The Hall–Kier alpha value is -2.11. The van der Waals surface area contributed by atoms with Crippen LogP contribution in [-0.4, -0.2) is 57.2 Å². The second kappa shape index (κ2) is 6.56. The summed E-state index contributed by atoms with van der Waals surface area (Å²) in [6.45, 7) is 4.27. The van der Waals surface area contributed by atoms with Crippen LogP contribution in [0.5, 0.6) is 0 Å². The lowest BCUT2D eigenvalue weighted by Crippen LogP contribution is -2.48. The summed E-state index contributed by atoms with van der Waals surface area (Å²) in [5.41, 5.74) is 1.78. The van der Waals surface area contributed by atoms with Gasteiger partial charge in [-0.25, -0.2) is 0 Å². The van der Waals surface area contributed by atoms with Gasteiger partial charge in [0.05, 0.1) is 0 Å². The van der Waals surface area contributed by atoms with Gasteiger partial charge in [0, 0.05) is 31.4 Å². The molecular weight excluding hydrogens is 290 g/mol. The monoisotopic (exact) mass is 314 g/mol. The zero-order valence-electron chi connectivity index (χ0n) is 13.5. The lowest BCUT2D eigenvalue weighted by Gasteiger charge is -2.30.